The van der Waals surface area contributed by atoms with Crippen molar-refractivity contribution in [1.82, 2.24) is 40.7 Å². The molecule has 0 fully saturated rings. The first-order chi connectivity index (χ1) is 31.8. The van der Waals surface area contributed by atoms with E-state index in [4.69, 9.17) is 4.74 Å². The maximum Gasteiger partial charge on any atom is 0.296 e. The molecule has 13 nitrogen and oxygen atoms in total. The number of fused-ring (bicyclic) bond motifs is 4. The van der Waals surface area contributed by atoms with E-state index in [0.29, 0.717) is 37.3 Å². The normalized spacial score (nSPS) is 11.2. The second kappa shape index (κ2) is 23.4. The molecule has 0 saturated heterocycles. The minimum atomic E-state index is -0.381. The quantitative estimate of drug-likeness (QED) is 0.0307. The summed E-state index contributed by atoms with van der Waals surface area (Å²) in [5.74, 6) is 4.90. The summed E-state index contributed by atoms with van der Waals surface area (Å²) in [6, 6.07) is 27.2. The van der Waals surface area contributed by atoms with Gasteiger partial charge < -0.3 is 45.8 Å². The summed E-state index contributed by atoms with van der Waals surface area (Å²) in [5.41, 5.74) is 8.90. The van der Waals surface area contributed by atoms with Gasteiger partial charge in [0.25, 0.3) is 11.8 Å². The molecule has 0 unspecified atom stereocenters. The molecule has 65 heavy (non-hydrogen) atoms. The highest BCUT2D eigenvalue weighted by atomic mass is 32.1. The number of aryl methyl sites for hydroxylation is 1. The topological polar surface area (TPSA) is 155 Å². The Bertz CT molecular complexity index is 2780. The van der Waals surface area contributed by atoms with Crippen LogP contribution in [0.3, 0.4) is 0 Å². The number of pyridine rings is 1. The van der Waals surface area contributed by atoms with E-state index in [1.54, 1.807) is 28.2 Å². The first-order valence-corrected chi connectivity index (χ1v) is 23.4. The van der Waals surface area contributed by atoms with Crippen LogP contribution in [0.1, 0.15) is 53.7 Å². The minimum absolute atomic E-state index is 0.0737. The number of aromatic nitrogens is 3. The zero-order chi connectivity index (χ0) is 45.4. The van der Waals surface area contributed by atoms with Crippen molar-refractivity contribution in [3.8, 4) is 22.3 Å². The molecule has 3 aromatic carbocycles. The Balaban J connectivity index is 0.775. The summed E-state index contributed by atoms with van der Waals surface area (Å²) in [6.07, 6.45) is 6.43. The number of thiophene rings is 1. The highest BCUT2D eigenvalue weighted by Gasteiger charge is 2.14. The molecule has 3 amide bonds. The van der Waals surface area contributed by atoms with Crippen LogP contribution in [0.25, 0.3) is 43.3 Å². The van der Waals surface area contributed by atoms with Crippen LogP contribution >= 0.6 is 11.3 Å². The molecule has 6 N–H and O–H groups in total. The van der Waals surface area contributed by atoms with Crippen LogP contribution < -0.4 is 31.9 Å². The van der Waals surface area contributed by atoms with Gasteiger partial charge in [-0.15, -0.1) is 11.3 Å². The molecular weight excluding hydrogens is 835 g/mol. The van der Waals surface area contributed by atoms with Gasteiger partial charge in [0, 0.05) is 113 Å². The van der Waals surface area contributed by atoms with E-state index in [-0.39, 0.29) is 37.5 Å². The van der Waals surface area contributed by atoms with Crippen molar-refractivity contribution in [2.24, 2.45) is 0 Å². The number of anilines is 1. The van der Waals surface area contributed by atoms with Crippen LogP contribution in [0.2, 0.25) is 0 Å². The van der Waals surface area contributed by atoms with Crippen LogP contribution in [-0.2, 0) is 40.4 Å². The summed E-state index contributed by atoms with van der Waals surface area (Å²) in [5, 5.41) is 24.0. The van der Waals surface area contributed by atoms with Crippen molar-refractivity contribution in [1.29, 1.82) is 0 Å². The molecule has 4 aromatic heterocycles. The van der Waals surface area contributed by atoms with Gasteiger partial charge in [-0.25, -0.2) is 4.98 Å². The fraction of sp³-hybridized carbons (Fsp3) is 0.333. The lowest BCUT2D eigenvalue weighted by Crippen LogP contribution is -2.31. The summed E-state index contributed by atoms with van der Waals surface area (Å²) in [7, 11) is 1.96. The van der Waals surface area contributed by atoms with E-state index in [1.807, 2.05) is 24.6 Å². The lowest BCUT2D eigenvalue weighted by Gasteiger charge is -2.09. The maximum absolute atomic E-state index is 12.9. The zero-order valence-corrected chi connectivity index (χ0v) is 38.3. The average Bonchev–Trinajstić information content (AvgIpc) is 4.05. The van der Waals surface area contributed by atoms with Gasteiger partial charge in [-0.1, -0.05) is 49.6 Å². The zero-order valence-electron chi connectivity index (χ0n) is 37.5. The molecular formula is C51H59N9O4S. The highest BCUT2D eigenvalue weighted by Crippen LogP contribution is 2.35. The van der Waals surface area contributed by atoms with Gasteiger partial charge in [-0.05, 0) is 98.6 Å². The van der Waals surface area contributed by atoms with Gasteiger partial charge in [0.15, 0.2) is 0 Å². The summed E-state index contributed by atoms with van der Waals surface area (Å²) >= 11 is 1.61. The van der Waals surface area contributed by atoms with Crippen molar-refractivity contribution in [2.45, 2.75) is 52.7 Å². The second-order valence-corrected chi connectivity index (χ2v) is 16.8. The molecule has 0 aliphatic rings. The lowest BCUT2D eigenvalue weighted by molar-refractivity contribution is -0.121. The van der Waals surface area contributed by atoms with Crippen LogP contribution in [-0.4, -0.2) is 91.4 Å². The molecule has 0 aliphatic heterocycles. The number of amides is 3. The smallest absolute Gasteiger partial charge is 0.296 e. The summed E-state index contributed by atoms with van der Waals surface area (Å²) < 4.78 is 9.72. The van der Waals surface area contributed by atoms with Crippen molar-refractivity contribution in [3.63, 3.8) is 0 Å². The predicted octanol–water partition coefficient (Wildman–Crippen LogP) is 6.69. The van der Waals surface area contributed by atoms with Gasteiger partial charge in [0.2, 0.25) is 5.91 Å². The van der Waals surface area contributed by atoms with E-state index in [2.05, 4.69) is 128 Å². The summed E-state index contributed by atoms with van der Waals surface area (Å²) in [4.78, 5) is 43.6. The van der Waals surface area contributed by atoms with Crippen LogP contribution in [0.15, 0.2) is 96.6 Å². The Kier molecular flexibility index (Phi) is 16.8. The number of hydrogen-bond donors (Lipinski definition) is 6. The molecule has 14 heteroatoms. The molecule has 0 saturated carbocycles. The molecule has 7 aromatic rings. The Morgan fingerprint density at radius 2 is 1.63 bits per heavy atom. The largest absolute Gasteiger partial charge is 0.384 e. The van der Waals surface area contributed by atoms with E-state index in [0.717, 1.165) is 65.4 Å². The van der Waals surface area contributed by atoms with Gasteiger partial charge >= 0.3 is 0 Å². The Labute approximate surface area is 384 Å². The molecule has 7 rings (SSSR count). The van der Waals surface area contributed by atoms with E-state index in [9.17, 15) is 14.4 Å². The van der Waals surface area contributed by atoms with Crippen molar-refractivity contribution < 1.29 is 19.1 Å². The molecule has 0 radical (unpaired) electrons. The maximum atomic E-state index is 12.9. The third-order valence-corrected chi connectivity index (χ3v) is 12.1. The number of benzene rings is 3. The third kappa shape index (κ3) is 12.6. The number of unbranched alkanes of at least 4 members (excludes halogenated alkanes) is 1. The molecule has 0 aliphatic carbocycles. The number of nitrogens with zero attached hydrogens (tertiary/aromatic N) is 3. The highest BCUT2D eigenvalue weighted by molar-refractivity contribution is 7.13. The SMILES string of the molecule is CCCCNCCNc1ccc(CCNC(=O)c2cnc3c(ccn3CC(=O)NCCOCCNC(=O)C#Cc3csc(-c4ccc5c6cc(CNC)ccc6n(CC)c5c4)c3)c2)cc1. The van der Waals surface area contributed by atoms with Crippen molar-refractivity contribution in [3.05, 3.63) is 119 Å². The average molecular weight is 894 g/mol. The van der Waals surface area contributed by atoms with Gasteiger partial charge in [-0.3, -0.25) is 14.4 Å². The van der Waals surface area contributed by atoms with Crippen LogP contribution in [0.4, 0.5) is 5.69 Å². The van der Waals surface area contributed by atoms with Gasteiger partial charge in [0.05, 0.1) is 18.8 Å². The molecule has 0 bridgehead atoms. The first-order valence-electron chi connectivity index (χ1n) is 22.5. The first kappa shape index (κ1) is 46.5. The number of carbonyl (C=O) groups excluding carboxylic acids is 3. The predicted molar refractivity (Wildman–Crippen MR) is 263 cm³/mol. The van der Waals surface area contributed by atoms with Crippen molar-refractivity contribution in [2.75, 3.05) is 64.8 Å². The number of hydrogen-bond acceptors (Lipinski definition) is 9. The number of nitrogens with one attached hydrogen (secondary N) is 6. The second-order valence-electron chi connectivity index (χ2n) is 15.8. The molecule has 0 atom stereocenters. The monoisotopic (exact) mass is 893 g/mol. The van der Waals surface area contributed by atoms with E-state index in [1.165, 1.54) is 46.4 Å². The fourth-order valence-electron chi connectivity index (χ4n) is 7.76. The third-order valence-electron chi connectivity index (χ3n) is 11.1. The molecule has 0 spiro atoms. The summed E-state index contributed by atoms with van der Waals surface area (Å²) in [6.45, 7) is 10.7. The van der Waals surface area contributed by atoms with E-state index < -0.39 is 0 Å². The van der Waals surface area contributed by atoms with Crippen LogP contribution in [0, 0.1) is 11.8 Å². The van der Waals surface area contributed by atoms with Crippen molar-refractivity contribution >= 4 is 67.6 Å². The number of rotatable bonds is 23. The number of carbonyl (C=O) groups is 3. The minimum Gasteiger partial charge on any atom is -0.384 e. The van der Waals surface area contributed by atoms with Gasteiger partial charge in [-0.2, -0.15) is 0 Å². The molecule has 338 valence electrons. The Morgan fingerprint density at radius 1 is 0.800 bits per heavy atom. The van der Waals surface area contributed by atoms with E-state index >= 15 is 0 Å². The molecule has 4 heterocycles. The fourth-order valence-corrected chi connectivity index (χ4v) is 8.60. The number of ether oxygens (including phenoxy) is 1. The van der Waals surface area contributed by atoms with Crippen LogP contribution in [0.5, 0.6) is 0 Å². The lowest BCUT2D eigenvalue weighted by atomic mass is 10.1. The Hall–Kier alpha value is -6.50. The Morgan fingerprint density at radius 3 is 2.45 bits per heavy atom. The standard InChI is InChI=1S/C51H59N9O4S/c1-4-6-19-53-21-22-54-42-12-7-36(8-13-42)17-20-57-51(63)41-30-40-18-25-59(50(40)58-33-41)34-49(62)56-24-27-64-26-23-55-48(61)16-10-38-29-47(65-35-38)39-11-14-43-44-28-37(32-52-3)9-15-45(44)60(5-2)46(43)31-39/h7-9,11-15,18,25,28-31,33,35,52-54H,4-6,17,19-24,26-27,32,34H2,1-3H3,(H,55,61)(H,56,62)(H,57,63). The van der Waals surface area contributed by atoms with Gasteiger partial charge in [0.1, 0.15) is 12.2 Å².